The maximum atomic E-state index is 11.4. The second-order valence-electron chi connectivity index (χ2n) is 5.56. The van der Waals surface area contributed by atoms with E-state index in [1.165, 1.54) is 12.8 Å². The van der Waals surface area contributed by atoms with Crippen LogP contribution in [-0.4, -0.2) is 5.78 Å². The van der Waals surface area contributed by atoms with E-state index in [-0.39, 0.29) is 0 Å². The van der Waals surface area contributed by atoms with Crippen molar-refractivity contribution in [1.82, 2.24) is 0 Å². The van der Waals surface area contributed by atoms with Crippen LogP contribution in [0.4, 0.5) is 0 Å². The molecule has 2 aliphatic rings. The van der Waals surface area contributed by atoms with Gasteiger partial charge in [-0.2, -0.15) is 0 Å². The molecule has 0 unspecified atom stereocenters. The number of allylic oxidation sites excluding steroid dienone is 2. The van der Waals surface area contributed by atoms with E-state index < -0.39 is 0 Å². The van der Waals surface area contributed by atoms with Crippen molar-refractivity contribution in [2.24, 2.45) is 23.2 Å². The Morgan fingerprint density at radius 3 is 2.86 bits per heavy atom. The zero-order valence-electron chi connectivity index (χ0n) is 9.42. The second-order valence-corrected chi connectivity index (χ2v) is 5.56. The summed E-state index contributed by atoms with van der Waals surface area (Å²) in [5.41, 5.74) is 0.322. The van der Waals surface area contributed by atoms with E-state index in [2.05, 4.69) is 26.8 Å². The van der Waals surface area contributed by atoms with Crippen LogP contribution >= 0.6 is 0 Å². The van der Waals surface area contributed by atoms with Gasteiger partial charge in [0.1, 0.15) is 0 Å². The first-order valence-corrected chi connectivity index (χ1v) is 5.75. The maximum Gasteiger partial charge on any atom is 0.155 e. The molecule has 0 saturated heterocycles. The fraction of sp³-hybridized carbons (Fsp3) is 0.769. The van der Waals surface area contributed by atoms with Gasteiger partial charge in [-0.1, -0.05) is 26.8 Å². The Balaban J connectivity index is 2.26. The van der Waals surface area contributed by atoms with E-state index in [0.29, 0.717) is 17.1 Å². The Kier molecular flexibility index (Phi) is 2.29. The highest BCUT2D eigenvalue weighted by Gasteiger charge is 2.46. The van der Waals surface area contributed by atoms with Crippen molar-refractivity contribution in [3.63, 3.8) is 0 Å². The van der Waals surface area contributed by atoms with Crippen molar-refractivity contribution >= 4 is 5.78 Å². The molecule has 2 aliphatic carbocycles. The molecule has 14 heavy (non-hydrogen) atoms. The summed E-state index contributed by atoms with van der Waals surface area (Å²) in [5.74, 6) is 2.43. The van der Waals surface area contributed by atoms with E-state index in [1.54, 1.807) is 6.08 Å². The molecule has 0 heterocycles. The zero-order chi connectivity index (χ0) is 10.3. The minimum absolute atomic E-state index is 0.322. The van der Waals surface area contributed by atoms with Crippen molar-refractivity contribution < 1.29 is 4.79 Å². The first-order valence-electron chi connectivity index (χ1n) is 5.75. The minimum atomic E-state index is 0.322. The quantitative estimate of drug-likeness (QED) is 0.623. The highest BCUT2D eigenvalue weighted by atomic mass is 16.1. The lowest BCUT2D eigenvalue weighted by Gasteiger charge is -2.35. The average molecular weight is 192 g/mol. The van der Waals surface area contributed by atoms with Gasteiger partial charge in [0.05, 0.1) is 0 Å². The summed E-state index contributed by atoms with van der Waals surface area (Å²) in [6, 6.07) is 0. The number of carbonyl (C=O) groups excluding carboxylic acids is 1. The lowest BCUT2D eigenvalue weighted by molar-refractivity contribution is -0.117. The Labute approximate surface area is 86.6 Å². The van der Waals surface area contributed by atoms with E-state index in [0.717, 1.165) is 18.3 Å². The standard InChI is InChI=1S/C13H20O/c1-9(2)11-5-7-13(3)6-4-10(14)8-12(11)13/h4,6,9,11-12H,5,7-8H2,1-3H3/t11-,12+,13-/m1/s1. The summed E-state index contributed by atoms with van der Waals surface area (Å²) in [4.78, 5) is 11.4. The molecule has 1 saturated carbocycles. The fourth-order valence-electron chi connectivity index (χ4n) is 3.31. The number of fused-ring (bicyclic) bond motifs is 1. The minimum Gasteiger partial charge on any atom is -0.295 e. The molecule has 78 valence electrons. The van der Waals surface area contributed by atoms with Gasteiger partial charge < -0.3 is 0 Å². The highest BCUT2D eigenvalue weighted by Crippen LogP contribution is 2.53. The number of hydrogen-bond acceptors (Lipinski definition) is 1. The van der Waals surface area contributed by atoms with Crippen LogP contribution in [-0.2, 0) is 4.79 Å². The zero-order valence-corrected chi connectivity index (χ0v) is 9.42. The molecule has 1 heteroatoms. The van der Waals surface area contributed by atoms with Gasteiger partial charge >= 0.3 is 0 Å². The Bertz CT molecular complexity index is 277. The first kappa shape index (κ1) is 9.95. The predicted molar refractivity (Wildman–Crippen MR) is 57.9 cm³/mol. The first-order chi connectivity index (χ1) is 6.53. The Morgan fingerprint density at radius 2 is 2.21 bits per heavy atom. The van der Waals surface area contributed by atoms with Crippen molar-refractivity contribution in [3.8, 4) is 0 Å². The molecular formula is C13H20O. The van der Waals surface area contributed by atoms with Gasteiger partial charge in [-0.3, -0.25) is 4.79 Å². The normalized spacial score (nSPS) is 41.9. The lowest BCUT2D eigenvalue weighted by Crippen LogP contribution is -2.30. The van der Waals surface area contributed by atoms with Crippen LogP contribution < -0.4 is 0 Å². The molecule has 1 nitrogen and oxygen atoms in total. The SMILES string of the molecule is CC(C)[C@H]1CC[C@@]2(C)C=CC(=O)C[C@@H]12. The van der Waals surface area contributed by atoms with Gasteiger partial charge in [-0.15, -0.1) is 0 Å². The van der Waals surface area contributed by atoms with E-state index in [4.69, 9.17) is 0 Å². The van der Waals surface area contributed by atoms with Crippen molar-refractivity contribution in [3.05, 3.63) is 12.2 Å². The average Bonchev–Trinajstić information content (AvgIpc) is 2.43. The Hall–Kier alpha value is -0.590. The summed E-state index contributed by atoms with van der Waals surface area (Å²) in [6.45, 7) is 6.90. The Morgan fingerprint density at radius 1 is 1.50 bits per heavy atom. The molecule has 2 rings (SSSR count). The van der Waals surface area contributed by atoms with Crippen LogP contribution in [0.1, 0.15) is 40.0 Å². The molecule has 0 aromatic rings. The maximum absolute atomic E-state index is 11.4. The van der Waals surface area contributed by atoms with Crippen molar-refractivity contribution in [2.75, 3.05) is 0 Å². The molecule has 0 aromatic carbocycles. The molecular weight excluding hydrogens is 172 g/mol. The van der Waals surface area contributed by atoms with E-state index >= 15 is 0 Å². The van der Waals surface area contributed by atoms with Gasteiger partial charge in [0, 0.05) is 6.42 Å². The van der Waals surface area contributed by atoms with Gasteiger partial charge in [-0.05, 0) is 42.1 Å². The van der Waals surface area contributed by atoms with Gasteiger partial charge in [0.2, 0.25) is 0 Å². The van der Waals surface area contributed by atoms with Crippen molar-refractivity contribution in [2.45, 2.75) is 40.0 Å². The smallest absolute Gasteiger partial charge is 0.155 e. The highest BCUT2D eigenvalue weighted by molar-refractivity contribution is 5.91. The molecule has 3 atom stereocenters. The monoisotopic (exact) mass is 192 g/mol. The molecule has 1 fully saturated rings. The van der Waals surface area contributed by atoms with Crippen LogP contribution in [0.2, 0.25) is 0 Å². The molecule has 0 N–H and O–H groups in total. The third kappa shape index (κ3) is 1.43. The number of carbonyl (C=O) groups is 1. The topological polar surface area (TPSA) is 17.1 Å². The van der Waals surface area contributed by atoms with Crippen LogP contribution in [0.15, 0.2) is 12.2 Å². The van der Waals surface area contributed by atoms with E-state index in [1.807, 2.05) is 0 Å². The molecule has 0 aromatic heterocycles. The van der Waals surface area contributed by atoms with Crippen LogP contribution in [0.25, 0.3) is 0 Å². The molecule has 0 spiro atoms. The third-order valence-electron chi connectivity index (χ3n) is 4.31. The lowest BCUT2D eigenvalue weighted by atomic mass is 9.69. The number of hydrogen-bond donors (Lipinski definition) is 0. The summed E-state index contributed by atoms with van der Waals surface area (Å²) >= 11 is 0. The molecule has 0 bridgehead atoms. The molecule has 0 radical (unpaired) electrons. The molecule has 0 amide bonds. The summed E-state index contributed by atoms with van der Waals surface area (Å²) in [6.07, 6.45) is 7.34. The van der Waals surface area contributed by atoms with Gasteiger partial charge in [0.25, 0.3) is 0 Å². The summed E-state index contributed by atoms with van der Waals surface area (Å²) < 4.78 is 0. The van der Waals surface area contributed by atoms with Gasteiger partial charge in [0.15, 0.2) is 5.78 Å². The van der Waals surface area contributed by atoms with Gasteiger partial charge in [-0.25, -0.2) is 0 Å². The van der Waals surface area contributed by atoms with Crippen molar-refractivity contribution in [1.29, 1.82) is 0 Å². The summed E-state index contributed by atoms with van der Waals surface area (Å²) in [7, 11) is 0. The number of ketones is 1. The van der Waals surface area contributed by atoms with E-state index in [9.17, 15) is 4.79 Å². The fourth-order valence-corrected chi connectivity index (χ4v) is 3.31. The predicted octanol–water partition coefficient (Wildman–Crippen LogP) is 3.20. The number of rotatable bonds is 1. The van der Waals surface area contributed by atoms with Crippen LogP contribution in [0.3, 0.4) is 0 Å². The third-order valence-corrected chi connectivity index (χ3v) is 4.31. The largest absolute Gasteiger partial charge is 0.295 e. The second kappa shape index (κ2) is 3.22. The van der Waals surface area contributed by atoms with Crippen LogP contribution in [0.5, 0.6) is 0 Å². The summed E-state index contributed by atoms with van der Waals surface area (Å²) in [5, 5.41) is 0. The van der Waals surface area contributed by atoms with Crippen LogP contribution in [0, 0.1) is 23.2 Å². The molecule has 0 aliphatic heterocycles.